The summed E-state index contributed by atoms with van der Waals surface area (Å²) in [6.45, 7) is 6.05. The quantitative estimate of drug-likeness (QED) is 0.738. The highest BCUT2D eigenvalue weighted by atomic mass is 16.5. The highest BCUT2D eigenvalue weighted by molar-refractivity contribution is 5.94. The summed E-state index contributed by atoms with van der Waals surface area (Å²) >= 11 is 0. The zero-order chi connectivity index (χ0) is 19.7. The van der Waals surface area contributed by atoms with E-state index in [0.717, 1.165) is 16.9 Å². The molecular weight excluding hydrogens is 342 g/mol. The van der Waals surface area contributed by atoms with Crippen LogP contribution in [0.4, 0.5) is 0 Å². The summed E-state index contributed by atoms with van der Waals surface area (Å²) in [5.41, 5.74) is 1.53. The maximum absolute atomic E-state index is 11.8. The minimum atomic E-state index is -0.323. The van der Waals surface area contributed by atoms with Crippen molar-refractivity contribution in [2.45, 2.75) is 32.9 Å². The Morgan fingerprint density at radius 1 is 1.15 bits per heavy atom. The van der Waals surface area contributed by atoms with E-state index in [1.165, 1.54) is 6.08 Å². The average molecular weight is 367 g/mol. The largest absolute Gasteiger partial charge is 0.489 e. The number of nitrogens with one attached hydrogen (secondary N) is 2. The van der Waals surface area contributed by atoms with E-state index >= 15 is 0 Å². The molecule has 2 N–H and O–H groups in total. The van der Waals surface area contributed by atoms with Crippen LogP contribution < -0.4 is 15.4 Å². The van der Waals surface area contributed by atoms with Crippen molar-refractivity contribution in [2.24, 2.45) is 0 Å². The number of nitrogens with zero attached hydrogens (tertiary/aromatic N) is 1. The van der Waals surface area contributed by atoms with Gasteiger partial charge >= 0.3 is 0 Å². The number of carbonyl (C=O) groups is 2. The van der Waals surface area contributed by atoms with Crippen molar-refractivity contribution in [3.8, 4) is 5.75 Å². The monoisotopic (exact) mass is 367 g/mol. The number of ether oxygens (including phenoxy) is 1. The lowest BCUT2D eigenvalue weighted by molar-refractivity contribution is -0.124. The zero-order valence-electron chi connectivity index (χ0n) is 15.9. The topological polar surface area (TPSA) is 80.3 Å². The van der Waals surface area contributed by atoms with Gasteiger partial charge in [-0.3, -0.25) is 14.6 Å². The Kier molecular flexibility index (Phi) is 7.11. The molecule has 2 aromatic rings. The van der Waals surface area contributed by atoms with E-state index in [9.17, 15) is 9.59 Å². The second-order valence-corrected chi connectivity index (χ2v) is 7.07. The molecule has 0 aliphatic rings. The lowest BCUT2D eigenvalue weighted by atomic mass is 10.1. The molecule has 142 valence electrons. The fourth-order valence-corrected chi connectivity index (χ4v) is 2.19. The van der Waals surface area contributed by atoms with E-state index in [4.69, 9.17) is 4.74 Å². The number of rotatable bonds is 7. The molecule has 0 bridgehead atoms. The molecule has 0 atom stereocenters. The number of aromatic nitrogens is 1. The van der Waals surface area contributed by atoms with E-state index in [1.807, 2.05) is 57.2 Å². The fourth-order valence-electron chi connectivity index (χ4n) is 2.19. The predicted molar refractivity (Wildman–Crippen MR) is 105 cm³/mol. The standard InChI is InChI=1S/C21H25N3O3/c1-21(2,3)24-20(26)14-23-19(25)11-8-16-6-9-18(10-7-16)27-15-17-5-4-12-22-13-17/h4-13H,14-15H2,1-3H3,(H,23,25)(H,24,26)/b11-8+. The highest BCUT2D eigenvalue weighted by Gasteiger charge is 2.13. The van der Waals surface area contributed by atoms with Gasteiger partial charge in [0.1, 0.15) is 12.4 Å². The first-order valence-electron chi connectivity index (χ1n) is 8.70. The van der Waals surface area contributed by atoms with Crippen LogP contribution in [0.2, 0.25) is 0 Å². The van der Waals surface area contributed by atoms with Gasteiger partial charge in [-0.1, -0.05) is 18.2 Å². The third-order valence-electron chi connectivity index (χ3n) is 3.37. The molecule has 0 saturated carbocycles. The predicted octanol–water partition coefficient (Wildman–Crippen LogP) is 2.70. The Balaban J connectivity index is 1.77. The summed E-state index contributed by atoms with van der Waals surface area (Å²) in [6, 6.07) is 11.2. The van der Waals surface area contributed by atoms with Gasteiger partial charge in [-0.15, -0.1) is 0 Å². The summed E-state index contributed by atoms with van der Waals surface area (Å²) in [5, 5.41) is 5.34. The van der Waals surface area contributed by atoms with E-state index in [2.05, 4.69) is 15.6 Å². The minimum absolute atomic E-state index is 0.0540. The Morgan fingerprint density at radius 2 is 1.89 bits per heavy atom. The number of hydrogen-bond acceptors (Lipinski definition) is 4. The van der Waals surface area contributed by atoms with Crippen LogP contribution >= 0.6 is 0 Å². The van der Waals surface area contributed by atoms with Gasteiger partial charge in [0.15, 0.2) is 0 Å². The maximum Gasteiger partial charge on any atom is 0.244 e. The Morgan fingerprint density at radius 3 is 2.52 bits per heavy atom. The number of carbonyl (C=O) groups excluding carboxylic acids is 2. The Bertz CT molecular complexity index is 779. The third kappa shape index (κ3) is 8.18. The average Bonchev–Trinajstić information content (AvgIpc) is 2.63. The lowest BCUT2D eigenvalue weighted by Crippen LogP contribution is -2.45. The summed E-state index contributed by atoms with van der Waals surface area (Å²) < 4.78 is 5.69. The van der Waals surface area contributed by atoms with Crippen molar-refractivity contribution in [2.75, 3.05) is 6.54 Å². The summed E-state index contributed by atoms with van der Waals surface area (Å²) in [5.74, 6) is 0.189. The second kappa shape index (κ2) is 9.52. The number of benzene rings is 1. The first kappa shape index (κ1) is 20.2. The third-order valence-corrected chi connectivity index (χ3v) is 3.37. The first-order chi connectivity index (χ1) is 12.8. The van der Waals surface area contributed by atoms with Crippen molar-refractivity contribution >= 4 is 17.9 Å². The van der Waals surface area contributed by atoms with Crippen LogP contribution in [0.1, 0.15) is 31.9 Å². The molecule has 0 aliphatic heterocycles. The molecule has 0 fully saturated rings. The minimum Gasteiger partial charge on any atom is -0.489 e. The van der Waals surface area contributed by atoms with Crippen LogP contribution in [0.25, 0.3) is 6.08 Å². The molecule has 0 saturated heterocycles. The van der Waals surface area contributed by atoms with Crippen molar-refractivity contribution < 1.29 is 14.3 Å². The van der Waals surface area contributed by atoms with Crippen LogP contribution in [-0.4, -0.2) is 28.9 Å². The van der Waals surface area contributed by atoms with Crippen molar-refractivity contribution in [1.29, 1.82) is 0 Å². The van der Waals surface area contributed by atoms with Gasteiger partial charge in [0, 0.05) is 29.6 Å². The molecule has 0 radical (unpaired) electrons. The number of hydrogen-bond donors (Lipinski definition) is 2. The molecule has 0 unspecified atom stereocenters. The van der Waals surface area contributed by atoms with Gasteiger partial charge in [0.05, 0.1) is 6.54 Å². The first-order valence-corrected chi connectivity index (χ1v) is 8.70. The molecule has 2 amide bonds. The van der Waals surface area contributed by atoms with Gasteiger partial charge in [-0.05, 0) is 50.6 Å². The molecule has 2 rings (SSSR count). The van der Waals surface area contributed by atoms with Gasteiger partial charge in [0.2, 0.25) is 11.8 Å². The number of amides is 2. The normalized spacial score (nSPS) is 11.2. The SMILES string of the molecule is CC(C)(C)NC(=O)CNC(=O)/C=C/c1ccc(OCc2cccnc2)cc1. The van der Waals surface area contributed by atoms with Crippen LogP contribution in [-0.2, 0) is 16.2 Å². The molecule has 27 heavy (non-hydrogen) atoms. The lowest BCUT2D eigenvalue weighted by Gasteiger charge is -2.20. The second-order valence-electron chi connectivity index (χ2n) is 7.07. The molecule has 0 spiro atoms. The summed E-state index contributed by atoms with van der Waals surface area (Å²) in [6.07, 6.45) is 6.56. The molecule has 6 nitrogen and oxygen atoms in total. The smallest absolute Gasteiger partial charge is 0.244 e. The zero-order valence-corrected chi connectivity index (χ0v) is 15.9. The van der Waals surface area contributed by atoms with Crippen LogP contribution in [0.15, 0.2) is 54.9 Å². The molecular formula is C21H25N3O3. The van der Waals surface area contributed by atoms with Gasteiger partial charge in [0.25, 0.3) is 0 Å². The van der Waals surface area contributed by atoms with E-state index in [0.29, 0.717) is 6.61 Å². The van der Waals surface area contributed by atoms with Gasteiger partial charge < -0.3 is 15.4 Å². The molecule has 0 aliphatic carbocycles. The molecule has 1 aromatic heterocycles. The summed E-state index contributed by atoms with van der Waals surface area (Å²) in [4.78, 5) is 27.5. The molecule has 1 heterocycles. The van der Waals surface area contributed by atoms with Crippen LogP contribution in [0.5, 0.6) is 5.75 Å². The fraction of sp³-hybridized carbons (Fsp3) is 0.286. The van der Waals surface area contributed by atoms with Crippen LogP contribution in [0, 0.1) is 0 Å². The van der Waals surface area contributed by atoms with Crippen molar-refractivity contribution in [1.82, 2.24) is 15.6 Å². The van der Waals surface area contributed by atoms with Crippen molar-refractivity contribution in [3.63, 3.8) is 0 Å². The molecule has 1 aromatic carbocycles. The van der Waals surface area contributed by atoms with E-state index in [1.54, 1.807) is 18.5 Å². The Hall–Kier alpha value is -3.15. The van der Waals surface area contributed by atoms with Crippen LogP contribution in [0.3, 0.4) is 0 Å². The summed E-state index contributed by atoms with van der Waals surface area (Å²) in [7, 11) is 0. The van der Waals surface area contributed by atoms with Crippen molar-refractivity contribution in [3.05, 3.63) is 66.0 Å². The van der Waals surface area contributed by atoms with E-state index in [-0.39, 0.29) is 23.9 Å². The van der Waals surface area contributed by atoms with Gasteiger partial charge in [-0.25, -0.2) is 0 Å². The van der Waals surface area contributed by atoms with Gasteiger partial charge in [-0.2, -0.15) is 0 Å². The molecule has 6 heteroatoms. The Labute approximate surface area is 159 Å². The number of pyridine rings is 1. The highest BCUT2D eigenvalue weighted by Crippen LogP contribution is 2.14. The maximum atomic E-state index is 11.8. The van der Waals surface area contributed by atoms with E-state index < -0.39 is 0 Å².